The molecule has 1 unspecified atom stereocenters. The number of methoxy groups -OCH3 is 2. The molecule has 1 heterocycles. The van der Waals surface area contributed by atoms with Crippen LogP contribution in [-0.4, -0.2) is 14.2 Å². The lowest BCUT2D eigenvalue weighted by Crippen LogP contribution is -2.22. The molecule has 0 bridgehead atoms. The maximum Gasteiger partial charge on any atom is 0.184 e. The average molecular weight is 503 g/mol. The number of hydrogen-bond donors (Lipinski definition) is 2. The molecule has 0 saturated carbocycles. The number of benzene rings is 1. The molecule has 3 rings (SSSR count). The Morgan fingerprint density at radius 2 is 1.86 bits per heavy atom. The summed E-state index contributed by atoms with van der Waals surface area (Å²) in [6.07, 6.45) is 17.9. The van der Waals surface area contributed by atoms with Gasteiger partial charge in [0.15, 0.2) is 11.5 Å². The van der Waals surface area contributed by atoms with Gasteiger partial charge in [-0.25, -0.2) is 0 Å². The smallest absolute Gasteiger partial charge is 0.184 e. The second kappa shape index (κ2) is 12.3. The van der Waals surface area contributed by atoms with E-state index in [4.69, 9.17) is 18.9 Å². The van der Waals surface area contributed by atoms with Crippen LogP contribution in [0.4, 0.5) is 5.69 Å². The molecule has 0 fully saturated rings. The number of allylic oxidation sites excluding steroid dienone is 8. The first-order chi connectivity index (χ1) is 17.6. The minimum Gasteiger partial charge on any atom is -0.493 e. The zero-order valence-electron chi connectivity index (χ0n) is 22.7. The molecule has 37 heavy (non-hydrogen) atoms. The van der Waals surface area contributed by atoms with Crippen LogP contribution in [0.25, 0.3) is 0 Å². The van der Waals surface area contributed by atoms with Crippen LogP contribution in [-0.2, 0) is 14.9 Å². The monoisotopic (exact) mass is 502 g/mol. The maximum atomic E-state index is 6.10. The number of anilines is 1. The Morgan fingerprint density at radius 1 is 1.08 bits per heavy atom. The summed E-state index contributed by atoms with van der Waals surface area (Å²) in [7, 11) is 3.27. The molecular formula is C31H38N2O4. The molecule has 0 spiro atoms. The van der Waals surface area contributed by atoms with E-state index in [1.165, 1.54) is 0 Å². The third-order valence-electron chi connectivity index (χ3n) is 5.83. The molecule has 1 atom stereocenters. The molecule has 1 aliphatic heterocycles. The fourth-order valence-corrected chi connectivity index (χ4v) is 3.73. The van der Waals surface area contributed by atoms with Gasteiger partial charge in [0, 0.05) is 30.2 Å². The second-order valence-electron chi connectivity index (χ2n) is 9.83. The fraction of sp³-hybridized carbons (Fsp3) is 0.290. The van der Waals surface area contributed by atoms with Gasteiger partial charge in [0.2, 0.25) is 0 Å². The zero-order chi connectivity index (χ0) is 27.0. The Morgan fingerprint density at radius 3 is 2.54 bits per heavy atom. The van der Waals surface area contributed by atoms with Crippen molar-refractivity contribution in [1.29, 1.82) is 0 Å². The van der Waals surface area contributed by atoms with Crippen molar-refractivity contribution >= 4 is 5.69 Å². The minimum atomic E-state index is -0.0704. The summed E-state index contributed by atoms with van der Waals surface area (Å²) >= 11 is 0. The second-order valence-corrected chi connectivity index (χ2v) is 9.83. The molecule has 1 aliphatic carbocycles. The predicted octanol–water partition coefficient (Wildman–Crippen LogP) is 7.35. The first-order valence-electron chi connectivity index (χ1n) is 12.3. The SMILES string of the molecule is C=C(N/C1=C/C=C(/OC2=CC(=C)OC=C2)C/C=C\C=C/C1C)Nc1cc(C(C)(C)C)cc(OC)c1OC. The summed E-state index contributed by atoms with van der Waals surface area (Å²) in [6.45, 7) is 16.6. The van der Waals surface area contributed by atoms with Crippen LogP contribution in [0.3, 0.4) is 0 Å². The van der Waals surface area contributed by atoms with Gasteiger partial charge in [-0.2, -0.15) is 0 Å². The Hall–Kier alpha value is -4.06. The standard InChI is InChI=1S/C31H38N2O4/c1-21-12-10-9-11-13-25(37-26-16-17-36-22(2)18-26)14-15-27(21)32-23(3)33-28-19-24(31(4,5)6)20-29(34-7)30(28)35-8/h9-12,14-21,32-33H,2-3,13H2,1,4-8H3/b11-9-,12-10-,25-14+,27-15+. The van der Waals surface area contributed by atoms with Crippen LogP contribution in [0, 0.1) is 5.92 Å². The quantitative estimate of drug-likeness (QED) is 0.387. The Balaban J connectivity index is 1.86. The molecule has 2 aliphatic rings. The van der Waals surface area contributed by atoms with Crippen molar-refractivity contribution in [3.8, 4) is 11.5 Å². The van der Waals surface area contributed by atoms with Crippen LogP contribution in [0.15, 0.2) is 109 Å². The number of nitrogens with one attached hydrogen (secondary N) is 2. The molecule has 0 saturated heterocycles. The first kappa shape index (κ1) is 27.5. The topological polar surface area (TPSA) is 61.0 Å². The van der Waals surface area contributed by atoms with Crippen molar-refractivity contribution in [2.24, 2.45) is 5.92 Å². The summed E-state index contributed by atoms with van der Waals surface area (Å²) in [5.41, 5.74) is 2.77. The number of ether oxygens (including phenoxy) is 4. The minimum absolute atomic E-state index is 0.0704. The molecule has 6 nitrogen and oxygen atoms in total. The Labute approximate surface area is 221 Å². The summed E-state index contributed by atoms with van der Waals surface area (Å²) in [5.74, 6) is 3.97. The first-order valence-corrected chi connectivity index (χ1v) is 12.3. The van der Waals surface area contributed by atoms with Gasteiger partial charge >= 0.3 is 0 Å². The van der Waals surface area contributed by atoms with Gasteiger partial charge < -0.3 is 29.6 Å². The van der Waals surface area contributed by atoms with Gasteiger partial charge in [-0.1, -0.05) is 65.2 Å². The van der Waals surface area contributed by atoms with E-state index < -0.39 is 0 Å². The third-order valence-corrected chi connectivity index (χ3v) is 5.83. The van der Waals surface area contributed by atoms with E-state index >= 15 is 0 Å². The molecular weight excluding hydrogens is 464 g/mol. The van der Waals surface area contributed by atoms with Gasteiger partial charge in [0.05, 0.1) is 26.2 Å². The third kappa shape index (κ3) is 7.71. The average Bonchev–Trinajstić information content (AvgIpc) is 2.84. The van der Waals surface area contributed by atoms with Crippen LogP contribution in [0.5, 0.6) is 11.5 Å². The van der Waals surface area contributed by atoms with E-state index in [1.807, 2.05) is 30.4 Å². The summed E-state index contributed by atoms with van der Waals surface area (Å²) in [5, 5.41) is 6.81. The van der Waals surface area contributed by atoms with E-state index in [2.05, 4.69) is 69.7 Å². The van der Waals surface area contributed by atoms with Gasteiger partial charge in [0.25, 0.3) is 0 Å². The lowest BCUT2D eigenvalue weighted by Gasteiger charge is -2.24. The predicted molar refractivity (Wildman–Crippen MR) is 151 cm³/mol. The molecule has 0 radical (unpaired) electrons. The van der Waals surface area contributed by atoms with Crippen LogP contribution >= 0.6 is 0 Å². The lowest BCUT2D eigenvalue weighted by atomic mass is 9.86. The maximum absolute atomic E-state index is 6.10. The van der Waals surface area contributed by atoms with Crippen molar-refractivity contribution in [3.63, 3.8) is 0 Å². The highest BCUT2D eigenvalue weighted by Gasteiger charge is 2.21. The van der Waals surface area contributed by atoms with Crippen LogP contribution in [0.1, 0.15) is 39.7 Å². The van der Waals surface area contributed by atoms with Crippen molar-refractivity contribution in [2.75, 3.05) is 19.5 Å². The highest BCUT2D eigenvalue weighted by atomic mass is 16.5. The van der Waals surface area contributed by atoms with Crippen LogP contribution in [0.2, 0.25) is 0 Å². The fourth-order valence-electron chi connectivity index (χ4n) is 3.73. The van der Waals surface area contributed by atoms with Crippen molar-refractivity contribution < 1.29 is 18.9 Å². The van der Waals surface area contributed by atoms with E-state index in [0.717, 1.165) is 22.7 Å². The summed E-state index contributed by atoms with van der Waals surface area (Å²) in [4.78, 5) is 0. The van der Waals surface area contributed by atoms with Gasteiger partial charge in [-0.3, -0.25) is 0 Å². The molecule has 2 N–H and O–H groups in total. The van der Waals surface area contributed by atoms with Crippen molar-refractivity contribution in [3.05, 3.63) is 115 Å². The Kier molecular flexibility index (Phi) is 9.12. The van der Waals surface area contributed by atoms with Gasteiger partial charge in [-0.05, 0) is 35.3 Å². The lowest BCUT2D eigenvalue weighted by molar-refractivity contribution is 0.291. The van der Waals surface area contributed by atoms with Crippen LogP contribution < -0.4 is 20.1 Å². The summed E-state index contributed by atoms with van der Waals surface area (Å²) < 4.78 is 22.6. The molecule has 1 aromatic rings. The number of hydrogen-bond acceptors (Lipinski definition) is 6. The molecule has 1 aromatic carbocycles. The highest BCUT2D eigenvalue weighted by Crippen LogP contribution is 2.40. The zero-order valence-corrected chi connectivity index (χ0v) is 22.7. The van der Waals surface area contributed by atoms with Gasteiger partial charge in [0.1, 0.15) is 23.1 Å². The normalized spacial score (nSPS) is 22.2. The van der Waals surface area contributed by atoms with Crippen molar-refractivity contribution in [1.82, 2.24) is 5.32 Å². The Bertz CT molecular complexity index is 1210. The molecule has 0 aromatic heterocycles. The van der Waals surface area contributed by atoms with Gasteiger partial charge in [-0.15, -0.1) is 0 Å². The van der Waals surface area contributed by atoms with E-state index in [0.29, 0.717) is 35.3 Å². The number of rotatable bonds is 8. The highest BCUT2D eigenvalue weighted by molar-refractivity contribution is 5.67. The largest absolute Gasteiger partial charge is 0.493 e. The summed E-state index contributed by atoms with van der Waals surface area (Å²) in [6, 6.07) is 4.08. The van der Waals surface area contributed by atoms with E-state index in [1.54, 1.807) is 32.6 Å². The molecule has 0 amide bonds. The molecule has 6 heteroatoms. The van der Waals surface area contributed by atoms with Crippen molar-refractivity contribution in [2.45, 2.75) is 39.5 Å². The van der Waals surface area contributed by atoms with E-state index in [9.17, 15) is 0 Å². The molecule has 196 valence electrons. The van der Waals surface area contributed by atoms with E-state index in [-0.39, 0.29) is 11.3 Å².